The molecule has 1 aliphatic rings. The number of aryl methyl sites for hydroxylation is 2. The molecule has 3 aromatic rings. The number of nitrogens with zero attached hydrogens (tertiary/aromatic N) is 2. The number of ether oxygens (including phenoxy) is 2. The van der Waals surface area contributed by atoms with Crippen LogP contribution >= 0.6 is 11.9 Å². The minimum atomic E-state index is -0.978. The van der Waals surface area contributed by atoms with E-state index in [4.69, 9.17) is 20.2 Å². The van der Waals surface area contributed by atoms with Crippen molar-refractivity contribution in [2.24, 2.45) is 5.73 Å². The van der Waals surface area contributed by atoms with Gasteiger partial charge in [-0.15, -0.1) is 0 Å². The Morgan fingerprint density at radius 3 is 2.59 bits per heavy atom. The first-order valence-corrected chi connectivity index (χ1v) is 11.9. The minimum Gasteiger partial charge on any atom is -0.478 e. The van der Waals surface area contributed by atoms with Crippen molar-refractivity contribution in [3.63, 3.8) is 0 Å². The second-order valence-corrected chi connectivity index (χ2v) is 9.20. The van der Waals surface area contributed by atoms with Crippen LogP contribution in [0, 0.1) is 13.8 Å². The van der Waals surface area contributed by atoms with Crippen molar-refractivity contribution in [3.05, 3.63) is 65.2 Å². The molecule has 0 saturated heterocycles. The highest BCUT2D eigenvalue weighted by Crippen LogP contribution is 2.30. The SMILES string of the molecule is Cc1cccc(C)c1-c1cc(OCC(N)COC2CC2)nc(NSc2cccc(C(=O)O)c2)n1. The van der Waals surface area contributed by atoms with Crippen LogP contribution in [0.5, 0.6) is 5.88 Å². The summed E-state index contributed by atoms with van der Waals surface area (Å²) in [5.74, 6) is -0.228. The molecule has 1 unspecified atom stereocenters. The van der Waals surface area contributed by atoms with E-state index in [1.807, 2.05) is 44.2 Å². The fourth-order valence-corrected chi connectivity index (χ4v) is 4.06. The van der Waals surface area contributed by atoms with Crippen LogP contribution in [0.3, 0.4) is 0 Å². The first kappa shape index (κ1) is 24.0. The Kier molecular flexibility index (Phi) is 7.66. The summed E-state index contributed by atoms with van der Waals surface area (Å²) in [4.78, 5) is 21.2. The van der Waals surface area contributed by atoms with Gasteiger partial charge in [-0.2, -0.15) is 4.98 Å². The molecule has 2 aromatic carbocycles. The van der Waals surface area contributed by atoms with Crippen LogP contribution in [0.4, 0.5) is 5.95 Å². The Bertz CT molecular complexity index is 1150. The van der Waals surface area contributed by atoms with Gasteiger partial charge in [0, 0.05) is 16.5 Å². The molecule has 0 amide bonds. The van der Waals surface area contributed by atoms with Crippen LogP contribution in [0.1, 0.15) is 34.3 Å². The number of nitrogens with one attached hydrogen (secondary N) is 1. The molecule has 9 heteroatoms. The summed E-state index contributed by atoms with van der Waals surface area (Å²) in [5.41, 5.74) is 10.3. The molecule has 0 radical (unpaired) electrons. The van der Waals surface area contributed by atoms with Crippen LogP contribution in [-0.2, 0) is 4.74 Å². The number of aromatic nitrogens is 2. The van der Waals surface area contributed by atoms with Crippen molar-refractivity contribution in [1.82, 2.24) is 9.97 Å². The van der Waals surface area contributed by atoms with Gasteiger partial charge in [0.1, 0.15) is 6.61 Å². The number of hydrogen-bond acceptors (Lipinski definition) is 8. The summed E-state index contributed by atoms with van der Waals surface area (Å²) in [6.45, 7) is 4.79. The van der Waals surface area contributed by atoms with Crippen LogP contribution < -0.4 is 15.2 Å². The van der Waals surface area contributed by atoms with E-state index in [1.165, 1.54) is 11.9 Å². The molecule has 1 aliphatic carbocycles. The van der Waals surface area contributed by atoms with Gasteiger partial charge in [0.15, 0.2) is 0 Å². The maximum Gasteiger partial charge on any atom is 0.335 e. The monoisotopic (exact) mass is 480 g/mol. The van der Waals surface area contributed by atoms with Gasteiger partial charge >= 0.3 is 5.97 Å². The summed E-state index contributed by atoms with van der Waals surface area (Å²) < 4.78 is 14.7. The number of carboxylic acid groups (broad SMARTS) is 1. The van der Waals surface area contributed by atoms with E-state index in [9.17, 15) is 9.90 Å². The first-order valence-electron chi connectivity index (χ1n) is 11.1. The predicted molar refractivity (Wildman–Crippen MR) is 132 cm³/mol. The summed E-state index contributed by atoms with van der Waals surface area (Å²) >= 11 is 1.23. The van der Waals surface area contributed by atoms with Crippen molar-refractivity contribution in [2.45, 2.75) is 43.7 Å². The number of benzene rings is 2. The third kappa shape index (κ3) is 6.47. The van der Waals surface area contributed by atoms with Crippen molar-refractivity contribution in [2.75, 3.05) is 17.9 Å². The van der Waals surface area contributed by atoms with Gasteiger partial charge in [-0.1, -0.05) is 24.3 Å². The van der Waals surface area contributed by atoms with E-state index in [0.29, 0.717) is 24.5 Å². The second-order valence-electron chi connectivity index (χ2n) is 8.32. The Morgan fingerprint density at radius 2 is 1.88 bits per heavy atom. The normalized spacial score (nSPS) is 14.0. The first-order chi connectivity index (χ1) is 16.4. The third-order valence-corrected chi connectivity index (χ3v) is 6.07. The zero-order chi connectivity index (χ0) is 24.1. The van der Waals surface area contributed by atoms with Gasteiger partial charge in [-0.05, 0) is 68.0 Å². The van der Waals surface area contributed by atoms with E-state index in [0.717, 1.165) is 40.1 Å². The number of aromatic carboxylic acids is 1. The highest BCUT2D eigenvalue weighted by molar-refractivity contribution is 8.00. The molecule has 1 aromatic heterocycles. The number of rotatable bonds is 11. The van der Waals surface area contributed by atoms with Gasteiger partial charge in [-0.3, -0.25) is 4.72 Å². The maximum absolute atomic E-state index is 11.3. The minimum absolute atomic E-state index is 0.212. The molecule has 0 aliphatic heterocycles. The van der Waals surface area contributed by atoms with Gasteiger partial charge in [0.25, 0.3) is 0 Å². The lowest BCUT2D eigenvalue weighted by Gasteiger charge is -2.15. The zero-order valence-corrected chi connectivity index (χ0v) is 20.0. The maximum atomic E-state index is 11.3. The molecule has 178 valence electrons. The summed E-state index contributed by atoms with van der Waals surface area (Å²) in [5, 5.41) is 9.23. The van der Waals surface area contributed by atoms with E-state index in [-0.39, 0.29) is 18.2 Å². The number of carbonyl (C=O) groups is 1. The van der Waals surface area contributed by atoms with Crippen molar-refractivity contribution in [3.8, 4) is 17.1 Å². The van der Waals surface area contributed by atoms with Crippen molar-refractivity contribution in [1.29, 1.82) is 0 Å². The topological polar surface area (TPSA) is 120 Å². The number of carboxylic acids is 1. The smallest absolute Gasteiger partial charge is 0.335 e. The summed E-state index contributed by atoms with van der Waals surface area (Å²) in [6.07, 6.45) is 2.54. The standard InChI is InChI=1S/C25H28N4O4S/c1-15-5-3-6-16(2)23(15)21-12-22(33-14-18(26)13-32-19-9-10-19)28-25(27-21)29-34-20-8-4-7-17(11-20)24(30)31/h3-8,11-12,18-19H,9-10,13-14,26H2,1-2H3,(H,30,31)(H,27,28,29). The Labute approximate surface area is 203 Å². The molecule has 1 fully saturated rings. The fourth-order valence-electron chi connectivity index (χ4n) is 3.42. The van der Waals surface area contributed by atoms with Gasteiger partial charge in [-0.25, -0.2) is 9.78 Å². The molecule has 0 bridgehead atoms. The second kappa shape index (κ2) is 10.9. The van der Waals surface area contributed by atoms with E-state index < -0.39 is 5.97 Å². The van der Waals surface area contributed by atoms with Crippen LogP contribution in [0.25, 0.3) is 11.3 Å². The summed E-state index contributed by atoms with van der Waals surface area (Å²) in [7, 11) is 0. The average Bonchev–Trinajstić information content (AvgIpc) is 3.65. The number of nitrogens with two attached hydrogens (primary N) is 1. The molecule has 1 atom stereocenters. The molecule has 0 spiro atoms. The van der Waals surface area contributed by atoms with Crippen molar-refractivity contribution < 1.29 is 19.4 Å². The molecule has 8 nitrogen and oxygen atoms in total. The molecule has 34 heavy (non-hydrogen) atoms. The predicted octanol–water partition coefficient (Wildman–Crippen LogP) is 4.46. The number of anilines is 1. The molecular weight excluding hydrogens is 452 g/mol. The lowest BCUT2D eigenvalue weighted by atomic mass is 10.00. The largest absolute Gasteiger partial charge is 0.478 e. The highest BCUT2D eigenvalue weighted by atomic mass is 32.2. The fraction of sp³-hybridized carbons (Fsp3) is 0.320. The molecule has 1 heterocycles. The molecule has 1 saturated carbocycles. The molecule has 4 N–H and O–H groups in total. The van der Waals surface area contributed by atoms with E-state index >= 15 is 0 Å². The quantitative estimate of drug-likeness (QED) is 0.342. The summed E-state index contributed by atoms with van der Waals surface area (Å²) in [6, 6.07) is 14.3. The van der Waals surface area contributed by atoms with Crippen molar-refractivity contribution >= 4 is 23.9 Å². The Balaban J connectivity index is 1.54. The lowest BCUT2D eigenvalue weighted by molar-refractivity contribution is 0.0696. The van der Waals surface area contributed by atoms with E-state index in [2.05, 4.69) is 9.71 Å². The Morgan fingerprint density at radius 1 is 1.15 bits per heavy atom. The van der Waals surface area contributed by atoms with Crippen LogP contribution in [-0.4, -0.2) is 46.4 Å². The third-order valence-electron chi connectivity index (χ3n) is 5.30. The van der Waals surface area contributed by atoms with E-state index in [1.54, 1.807) is 18.2 Å². The van der Waals surface area contributed by atoms with Gasteiger partial charge in [0.05, 0.1) is 30.0 Å². The van der Waals surface area contributed by atoms with Crippen LogP contribution in [0.2, 0.25) is 0 Å². The molecular formula is C25H28N4O4S. The molecule has 4 rings (SSSR count). The average molecular weight is 481 g/mol. The Hall–Kier alpha value is -3.14. The zero-order valence-electron chi connectivity index (χ0n) is 19.2. The lowest BCUT2D eigenvalue weighted by Crippen LogP contribution is -2.33. The highest BCUT2D eigenvalue weighted by Gasteiger charge is 2.23. The van der Waals surface area contributed by atoms with Gasteiger partial charge in [0.2, 0.25) is 11.8 Å². The van der Waals surface area contributed by atoms with Gasteiger partial charge < -0.3 is 20.3 Å². The van der Waals surface area contributed by atoms with Crippen LogP contribution in [0.15, 0.2) is 53.4 Å². The number of hydrogen-bond donors (Lipinski definition) is 3.